The van der Waals surface area contributed by atoms with Crippen LogP contribution >= 0.6 is 0 Å². The second kappa shape index (κ2) is 6.32. The van der Waals surface area contributed by atoms with E-state index in [4.69, 9.17) is 0 Å². The Morgan fingerprint density at radius 1 is 1.24 bits per heavy atom. The van der Waals surface area contributed by atoms with Crippen LogP contribution in [-0.4, -0.2) is 18.0 Å². The predicted octanol–water partition coefficient (Wildman–Crippen LogP) is 3.56. The lowest BCUT2D eigenvalue weighted by atomic mass is 10.0. The van der Waals surface area contributed by atoms with Crippen LogP contribution in [0.5, 0.6) is 0 Å². The number of benzene rings is 1. The van der Waals surface area contributed by atoms with Crippen molar-refractivity contribution in [2.24, 2.45) is 0 Å². The maximum atomic E-state index is 13.5. The van der Waals surface area contributed by atoms with Crippen LogP contribution in [0.2, 0.25) is 0 Å². The second-order valence-electron chi connectivity index (χ2n) is 5.33. The fourth-order valence-electron chi connectivity index (χ4n) is 1.52. The quantitative estimate of drug-likeness (QED) is 0.817. The number of anilines is 1. The van der Waals surface area contributed by atoms with Crippen molar-refractivity contribution < 1.29 is 22.4 Å². The minimum atomic E-state index is -4.56. The summed E-state index contributed by atoms with van der Waals surface area (Å²) in [6.45, 7) is 5.22. The summed E-state index contributed by atoms with van der Waals surface area (Å²) in [7, 11) is 0. The predicted molar refractivity (Wildman–Crippen MR) is 72.4 cm³/mol. The molecule has 0 bridgehead atoms. The summed E-state index contributed by atoms with van der Waals surface area (Å²) in [6, 6.07) is 2.02. The monoisotopic (exact) mass is 306 g/mol. The van der Waals surface area contributed by atoms with E-state index in [9.17, 15) is 22.4 Å². The van der Waals surface area contributed by atoms with Crippen LogP contribution in [0.3, 0.4) is 0 Å². The Labute approximate surface area is 120 Å². The van der Waals surface area contributed by atoms with Gasteiger partial charge in [-0.2, -0.15) is 13.2 Å². The number of carbonyl (C=O) groups is 1. The average molecular weight is 306 g/mol. The highest BCUT2D eigenvalue weighted by molar-refractivity contribution is 5.81. The number of hydrogen-bond donors (Lipinski definition) is 2. The summed E-state index contributed by atoms with van der Waals surface area (Å²) >= 11 is 0. The first-order valence-corrected chi connectivity index (χ1v) is 6.47. The van der Waals surface area contributed by atoms with Crippen molar-refractivity contribution in [2.45, 2.75) is 38.9 Å². The fourth-order valence-corrected chi connectivity index (χ4v) is 1.52. The molecule has 0 unspecified atom stereocenters. The molecular weight excluding hydrogens is 288 g/mol. The van der Waals surface area contributed by atoms with Gasteiger partial charge < -0.3 is 10.6 Å². The van der Waals surface area contributed by atoms with Gasteiger partial charge in [0, 0.05) is 5.54 Å². The Kier molecular flexibility index (Phi) is 5.20. The van der Waals surface area contributed by atoms with Crippen molar-refractivity contribution >= 4 is 11.6 Å². The first kappa shape index (κ1) is 17.3. The number of amides is 1. The van der Waals surface area contributed by atoms with Crippen LogP contribution in [0.4, 0.5) is 23.2 Å². The highest BCUT2D eigenvalue weighted by atomic mass is 19.4. The van der Waals surface area contributed by atoms with Gasteiger partial charge in [0.15, 0.2) is 0 Å². The van der Waals surface area contributed by atoms with Gasteiger partial charge in [-0.3, -0.25) is 4.79 Å². The van der Waals surface area contributed by atoms with Gasteiger partial charge in [-0.05, 0) is 38.5 Å². The molecule has 0 radical (unpaired) electrons. The van der Waals surface area contributed by atoms with E-state index in [-0.39, 0.29) is 12.2 Å². The molecular formula is C14H18F4N2O. The Balaban J connectivity index is 2.73. The van der Waals surface area contributed by atoms with Gasteiger partial charge in [-0.25, -0.2) is 4.39 Å². The van der Waals surface area contributed by atoms with Gasteiger partial charge in [0.1, 0.15) is 5.82 Å². The minimum absolute atomic E-state index is 0.304. The molecule has 3 nitrogen and oxygen atoms in total. The molecule has 0 aliphatic heterocycles. The molecule has 0 aliphatic carbocycles. The number of rotatable bonds is 5. The SMILES string of the molecule is CCC(C)(C)NC(=O)CNc1cc(C(F)(F)F)ccc1F. The zero-order valence-electron chi connectivity index (χ0n) is 12.1. The highest BCUT2D eigenvalue weighted by Gasteiger charge is 2.31. The van der Waals surface area contributed by atoms with Gasteiger partial charge in [-0.1, -0.05) is 6.92 Å². The van der Waals surface area contributed by atoms with Gasteiger partial charge >= 0.3 is 6.18 Å². The first-order valence-electron chi connectivity index (χ1n) is 6.47. The van der Waals surface area contributed by atoms with Crippen molar-refractivity contribution in [3.63, 3.8) is 0 Å². The lowest BCUT2D eigenvalue weighted by molar-refractivity contribution is -0.137. The van der Waals surface area contributed by atoms with Crippen LogP contribution in [0.25, 0.3) is 0 Å². The van der Waals surface area contributed by atoms with E-state index in [0.717, 1.165) is 6.07 Å². The molecule has 0 saturated heterocycles. The number of nitrogens with one attached hydrogen (secondary N) is 2. The molecule has 118 valence electrons. The van der Waals surface area contributed by atoms with E-state index in [1.54, 1.807) is 0 Å². The largest absolute Gasteiger partial charge is 0.416 e. The van der Waals surface area contributed by atoms with E-state index < -0.39 is 29.0 Å². The third-order valence-corrected chi connectivity index (χ3v) is 3.09. The Morgan fingerprint density at radius 3 is 2.38 bits per heavy atom. The number of halogens is 4. The van der Waals surface area contributed by atoms with E-state index in [1.165, 1.54) is 0 Å². The maximum Gasteiger partial charge on any atom is 0.416 e. The van der Waals surface area contributed by atoms with Gasteiger partial charge in [0.05, 0.1) is 17.8 Å². The lowest BCUT2D eigenvalue weighted by Crippen LogP contribution is -2.45. The summed E-state index contributed by atoms with van der Waals surface area (Å²) in [5, 5.41) is 5.08. The Hall–Kier alpha value is -1.79. The zero-order chi connectivity index (χ0) is 16.3. The number of hydrogen-bond acceptors (Lipinski definition) is 2. The molecule has 0 aromatic heterocycles. The molecule has 0 saturated carbocycles. The minimum Gasteiger partial charge on any atom is -0.374 e. The molecule has 1 aromatic carbocycles. The third-order valence-electron chi connectivity index (χ3n) is 3.09. The van der Waals surface area contributed by atoms with E-state index >= 15 is 0 Å². The van der Waals surface area contributed by atoms with Crippen LogP contribution in [0.1, 0.15) is 32.8 Å². The van der Waals surface area contributed by atoms with Crippen molar-refractivity contribution in [1.29, 1.82) is 0 Å². The molecule has 0 heterocycles. The van der Waals surface area contributed by atoms with Crippen molar-refractivity contribution in [2.75, 3.05) is 11.9 Å². The molecule has 0 spiro atoms. The zero-order valence-corrected chi connectivity index (χ0v) is 12.1. The smallest absolute Gasteiger partial charge is 0.374 e. The topological polar surface area (TPSA) is 41.1 Å². The Morgan fingerprint density at radius 2 is 1.86 bits per heavy atom. The van der Waals surface area contributed by atoms with Gasteiger partial charge in [0.2, 0.25) is 5.91 Å². The molecule has 1 rings (SSSR count). The van der Waals surface area contributed by atoms with E-state index in [0.29, 0.717) is 18.6 Å². The highest BCUT2D eigenvalue weighted by Crippen LogP contribution is 2.31. The number of alkyl halides is 3. The summed E-state index contributed by atoms with van der Waals surface area (Å²) in [5.74, 6) is -1.26. The molecule has 2 N–H and O–H groups in total. The maximum absolute atomic E-state index is 13.5. The summed E-state index contributed by atoms with van der Waals surface area (Å²) in [4.78, 5) is 11.7. The lowest BCUT2D eigenvalue weighted by Gasteiger charge is -2.24. The van der Waals surface area contributed by atoms with Gasteiger partial charge in [-0.15, -0.1) is 0 Å². The molecule has 0 atom stereocenters. The third kappa shape index (κ3) is 5.24. The van der Waals surface area contributed by atoms with Crippen LogP contribution < -0.4 is 10.6 Å². The van der Waals surface area contributed by atoms with Gasteiger partial charge in [0.25, 0.3) is 0 Å². The van der Waals surface area contributed by atoms with Crippen LogP contribution in [-0.2, 0) is 11.0 Å². The summed E-state index contributed by atoms with van der Waals surface area (Å²) < 4.78 is 51.1. The average Bonchev–Trinajstić information content (AvgIpc) is 2.36. The van der Waals surface area contributed by atoms with E-state index in [1.807, 2.05) is 20.8 Å². The summed E-state index contributed by atoms with van der Waals surface area (Å²) in [6.07, 6.45) is -3.87. The normalized spacial score (nSPS) is 12.1. The number of carbonyl (C=O) groups excluding carboxylic acids is 1. The molecule has 1 aromatic rings. The fraction of sp³-hybridized carbons (Fsp3) is 0.500. The van der Waals surface area contributed by atoms with E-state index in [2.05, 4.69) is 10.6 Å². The Bertz CT molecular complexity index is 512. The van der Waals surface area contributed by atoms with Crippen molar-refractivity contribution in [1.82, 2.24) is 5.32 Å². The standard InChI is InChI=1S/C14H18F4N2O/c1-4-13(2,3)20-12(21)8-19-11-7-9(14(16,17)18)5-6-10(11)15/h5-7,19H,4,8H2,1-3H3,(H,20,21). The van der Waals surface area contributed by atoms with Crippen molar-refractivity contribution in [3.05, 3.63) is 29.6 Å². The second-order valence-corrected chi connectivity index (χ2v) is 5.33. The molecule has 7 heteroatoms. The molecule has 21 heavy (non-hydrogen) atoms. The van der Waals surface area contributed by atoms with Crippen LogP contribution in [0, 0.1) is 5.82 Å². The first-order chi connectivity index (χ1) is 9.55. The molecule has 1 amide bonds. The molecule has 0 fully saturated rings. The van der Waals surface area contributed by atoms with Crippen molar-refractivity contribution in [3.8, 4) is 0 Å². The summed E-state index contributed by atoms with van der Waals surface area (Å²) in [5.41, 5.74) is -1.75. The van der Waals surface area contributed by atoms with Crippen LogP contribution in [0.15, 0.2) is 18.2 Å². The molecule has 0 aliphatic rings.